The van der Waals surface area contributed by atoms with Crippen LogP contribution >= 0.6 is 0 Å². The summed E-state index contributed by atoms with van der Waals surface area (Å²) in [6, 6.07) is 0.476. The van der Waals surface area contributed by atoms with E-state index >= 15 is 0 Å². The highest BCUT2D eigenvalue weighted by atomic mass is 14.9. The smallest absolute Gasteiger partial charge is 0.0238 e. The Morgan fingerprint density at radius 3 is 2.50 bits per heavy atom. The lowest BCUT2D eigenvalue weighted by molar-refractivity contribution is 0.657. The highest BCUT2D eigenvalue weighted by molar-refractivity contribution is 4.88. The van der Waals surface area contributed by atoms with Crippen molar-refractivity contribution in [2.24, 2.45) is 0 Å². The Balaban J connectivity index is 3.26. The highest BCUT2D eigenvalue weighted by Gasteiger charge is 1.89. The van der Waals surface area contributed by atoms with Gasteiger partial charge in [-0.3, -0.25) is 0 Å². The Morgan fingerprint density at radius 1 is 1.30 bits per heavy atom. The number of rotatable bonds is 5. The normalized spacial score (nSPS) is 13.9. The molecule has 0 aromatic carbocycles. The maximum atomic E-state index is 3.28. The highest BCUT2D eigenvalue weighted by Crippen LogP contribution is 1.80. The summed E-state index contributed by atoms with van der Waals surface area (Å²) in [5.41, 5.74) is 0. The third-order valence-corrected chi connectivity index (χ3v) is 1.23. The van der Waals surface area contributed by atoms with E-state index in [1.807, 2.05) is 6.20 Å². The Labute approximate surface area is 63.7 Å². The SMILES string of the molecule is CCNC=CC(C)NCC. The van der Waals surface area contributed by atoms with Crippen molar-refractivity contribution in [3.8, 4) is 0 Å². The van der Waals surface area contributed by atoms with E-state index in [-0.39, 0.29) is 0 Å². The largest absolute Gasteiger partial charge is 0.391 e. The summed E-state index contributed by atoms with van der Waals surface area (Å²) in [5, 5.41) is 6.39. The van der Waals surface area contributed by atoms with E-state index in [9.17, 15) is 0 Å². The van der Waals surface area contributed by atoms with Gasteiger partial charge in [0, 0.05) is 12.6 Å². The van der Waals surface area contributed by atoms with Crippen molar-refractivity contribution < 1.29 is 0 Å². The first kappa shape index (κ1) is 9.50. The number of hydrogen-bond acceptors (Lipinski definition) is 2. The fourth-order valence-corrected chi connectivity index (χ4v) is 0.720. The van der Waals surface area contributed by atoms with Gasteiger partial charge in [-0.25, -0.2) is 0 Å². The molecule has 2 nitrogen and oxygen atoms in total. The molecule has 0 radical (unpaired) electrons. The van der Waals surface area contributed by atoms with Gasteiger partial charge in [-0.15, -0.1) is 0 Å². The van der Waals surface area contributed by atoms with Crippen LogP contribution in [0.3, 0.4) is 0 Å². The van der Waals surface area contributed by atoms with Gasteiger partial charge in [0.1, 0.15) is 0 Å². The second-order valence-corrected chi connectivity index (χ2v) is 2.26. The van der Waals surface area contributed by atoms with Crippen molar-refractivity contribution in [2.75, 3.05) is 13.1 Å². The minimum atomic E-state index is 0.476. The zero-order valence-electron chi connectivity index (χ0n) is 7.15. The second-order valence-electron chi connectivity index (χ2n) is 2.26. The van der Waals surface area contributed by atoms with Gasteiger partial charge < -0.3 is 10.6 Å². The third kappa shape index (κ3) is 5.63. The molecule has 60 valence electrons. The predicted octanol–water partition coefficient (Wildman–Crippen LogP) is 1.11. The number of hydrogen-bond donors (Lipinski definition) is 2. The molecule has 0 rings (SSSR count). The zero-order chi connectivity index (χ0) is 7.82. The van der Waals surface area contributed by atoms with E-state index in [0.717, 1.165) is 13.1 Å². The lowest BCUT2D eigenvalue weighted by Gasteiger charge is -2.05. The van der Waals surface area contributed by atoms with E-state index in [0.29, 0.717) is 6.04 Å². The third-order valence-electron chi connectivity index (χ3n) is 1.23. The van der Waals surface area contributed by atoms with E-state index in [1.54, 1.807) is 0 Å². The van der Waals surface area contributed by atoms with Crippen LogP contribution in [0.2, 0.25) is 0 Å². The van der Waals surface area contributed by atoms with Crippen molar-refractivity contribution in [1.82, 2.24) is 10.6 Å². The van der Waals surface area contributed by atoms with E-state index < -0.39 is 0 Å². The van der Waals surface area contributed by atoms with Gasteiger partial charge in [0.25, 0.3) is 0 Å². The summed E-state index contributed by atoms with van der Waals surface area (Å²) < 4.78 is 0. The molecule has 0 bridgehead atoms. The van der Waals surface area contributed by atoms with Crippen molar-refractivity contribution >= 4 is 0 Å². The molecule has 10 heavy (non-hydrogen) atoms. The van der Waals surface area contributed by atoms with Gasteiger partial charge in [-0.2, -0.15) is 0 Å². The van der Waals surface area contributed by atoms with Gasteiger partial charge in [0.05, 0.1) is 0 Å². The van der Waals surface area contributed by atoms with Crippen LogP contribution in [-0.4, -0.2) is 19.1 Å². The zero-order valence-corrected chi connectivity index (χ0v) is 7.15. The molecule has 0 spiro atoms. The van der Waals surface area contributed by atoms with Crippen molar-refractivity contribution in [3.05, 3.63) is 12.3 Å². The summed E-state index contributed by atoms with van der Waals surface area (Å²) in [6.45, 7) is 8.35. The maximum Gasteiger partial charge on any atom is 0.0238 e. The average Bonchev–Trinajstić information content (AvgIpc) is 1.89. The molecule has 0 aromatic heterocycles. The lowest BCUT2D eigenvalue weighted by Crippen LogP contribution is -2.23. The molecule has 0 saturated heterocycles. The minimum absolute atomic E-state index is 0.476. The minimum Gasteiger partial charge on any atom is -0.391 e. The van der Waals surface area contributed by atoms with E-state index in [2.05, 4.69) is 37.5 Å². The summed E-state index contributed by atoms with van der Waals surface area (Å²) in [4.78, 5) is 0. The Bertz CT molecular complexity index is 89.3. The van der Waals surface area contributed by atoms with Crippen LogP contribution in [0.1, 0.15) is 20.8 Å². The van der Waals surface area contributed by atoms with Gasteiger partial charge in [-0.05, 0) is 26.6 Å². The molecule has 2 N–H and O–H groups in total. The van der Waals surface area contributed by atoms with E-state index in [1.165, 1.54) is 0 Å². The standard InChI is InChI=1S/C8H18N2/c1-4-9-7-6-8(3)10-5-2/h6-10H,4-5H2,1-3H3. The van der Waals surface area contributed by atoms with Gasteiger partial charge in [0.2, 0.25) is 0 Å². The number of nitrogens with one attached hydrogen (secondary N) is 2. The van der Waals surface area contributed by atoms with Crippen LogP contribution in [0.15, 0.2) is 12.3 Å². The molecular weight excluding hydrogens is 124 g/mol. The first-order chi connectivity index (χ1) is 4.81. The molecule has 0 aliphatic carbocycles. The second kappa shape index (κ2) is 6.62. The fourth-order valence-electron chi connectivity index (χ4n) is 0.720. The first-order valence-corrected chi connectivity index (χ1v) is 3.94. The Kier molecular flexibility index (Phi) is 6.29. The summed E-state index contributed by atoms with van der Waals surface area (Å²) in [5.74, 6) is 0. The molecule has 1 atom stereocenters. The maximum absolute atomic E-state index is 3.28. The quantitative estimate of drug-likeness (QED) is 0.601. The summed E-state index contributed by atoms with van der Waals surface area (Å²) in [6.07, 6.45) is 4.11. The molecular formula is C8H18N2. The molecule has 0 saturated carbocycles. The lowest BCUT2D eigenvalue weighted by atomic mass is 10.3. The molecule has 1 unspecified atom stereocenters. The summed E-state index contributed by atoms with van der Waals surface area (Å²) >= 11 is 0. The van der Waals surface area contributed by atoms with Crippen LogP contribution in [0.4, 0.5) is 0 Å². The topological polar surface area (TPSA) is 24.1 Å². The molecule has 0 aromatic rings. The molecule has 0 aliphatic heterocycles. The van der Waals surface area contributed by atoms with Gasteiger partial charge >= 0.3 is 0 Å². The van der Waals surface area contributed by atoms with Gasteiger partial charge in [0.15, 0.2) is 0 Å². The molecule has 2 heteroatoms. The van der Waals surface area contributed by atoms with Crippen molar-refractivity contribution in [3.63, 3.8) is 0 Å². The molecule has 0 fully saturated rings. The predicted molar refractivity (Wildman–Crippen MR) is 46.0 cm³/mol. The monoisotopic (exact) mass is 142 g/mol. The fraction of sp³-hybridized carbons (Fsp3) is 0.750. The number of likely N-dealkylation sites (N-methyl/N-ethyl adjacent to an activating group) is 1. The summed E-state index contributed by atoms with van der Waals surface area (Å²) in [7, 11) is 0. The van der Waals surface area contributed by atoms with Crippen LogP contribution < -0.4 is 10.6 Å². The Hall–Kier alpha value is -0.500. The molecule has 0 heterocycles. The van der Waals surface area contributed by atoms with Crippen molar-refractivity contribution in [1.29, 1.82) is 0 Å². The van der Waals surface area contributed by atoms with E-state index in [4.69, 9.17) is 0 Å². The van der Waals surface area contributed by atoms with Crippen LogP contribution in [0.5, 0.6) is 0 Å². The van der Waals surface area contributed by atoms with Gasteiger partial charge in [-0.1, -0.05) is 13.0 Å². The van der Waals surface area contributed by atoms with Crippen LogP contribution in [-0.2, 0) is 0 Å². The van der Waals surface area contributed by atoms with Crippen LogP contribution in [0.25, 0.3) is 0 Å². The average molecular weight is 142 g/mol. The first-order valence-electron chi connectivity index (χ1n) is 3.94. The van der Waals surface area contributed by atoms with Crippen molar-refractivity contribution in [2.45, 2.75) is 26.8 Å². The molecule has 0 aliphatic rings. The Morgan fingerprint density at radius 2 is 2.00 bits per heavy atom. The van der Waals surface area contributed by atoms with Crippen LogP contribution in [0, 0.1) is 0 Å². The molecule has 0 amide bonds.